The van der Waals surface area contributed by atoms with Crippen LogP contribution in [0.2, 0.25) is 13.1 Å². The van der Waals surface area contributed by atoms with Gasteiger partial charge in [0.15, 0.2) is 0 Å². The summed E-state index contributed by atoms with van der Waals surface area (Å²) in [5.41, 5.74) is 10.2. The molecule has 1 unspecified atom stereocenters. The molecule has 7 rings (SSSR count). The second-order valence-electron chi connectivity index (χ2n) is 9.53. The number of nitrogens with zero attached hydrogens (tertiary/aromatic N) is 1. The quantitative estimate of drug-likeness (QED) is 0.322. The number of halogens is 2. The molecule has 2 heterocycles. The molecule has 0 radical (unpaired) electrons. The largest absolute Gasteiger partial charge is 1.00 e. The molecule has 161 valence electrons. The van der Waals surface area contributed by atoms with Crippen molar-refractivity contribution in [2.45, 2.75) is 25.4 Å². The average Bonchev–Trinajstić information content (AvgIpc) is 3.10. The van der Waals surface area contributed by atoms with E-state index in [1.807, 2.05) is 0 Å². The van der Waals surface area contributed by atoms with Gasteiger partial charge in [-0.3, -0.25) is 0 Å². The van der Waals surface area contributed by atoms with Gasteiger partial charge in [-0.1, -0.05) is 0 Å². The van der Waals surface area contributed by atoms with E-state index in [2.05, 4.69) is 96.5 Å². The molecule has 4 aromatic rings. The van der Waals surface area contributed by atoms with E-state index in [-0.39, 0.29) is 24.8 Å². The zero-order valence-corrected chi connectivity index (χ0v) is 23.5. The van der Waals surface area contributed by atoms with Crippen molar-refractivity contribution < 1.29 is 49.5 Å². The molecule has 0 amide bonds. The van der Waals surface area contributed by atoms with Gasteiger partial charge in [-0.2, -0.15) is 0 Å². The van der Waals surface area contributed by atoms with Gasteiger partial charge in [0, 0.05) is 0 Å². The first-order valence-corrected chi connectivity index (χ1v) is 15.3. The molecule has 0 bridgehead atoms. The molecule has 1 nitrogen and oxygen atoms in total. The molecule has 5 heteroatoms. The van der Waals surface area contributed by atoms with Gasteiger partial charge in [0.05, 0.1) is 0 Å². The molecule has 0 spiro atoms. The maximum Gasteiger partial charge on any atom is -1.00 e. The SMILES string of the molecule is C[Si]1(C)C2=[C]([Zr+2])CC(C3c4ccccc4-c4c3c3ccccc3n4-c3ccccc3)=C21.[Cl-].[Cl-]. The number of benzene rings is 3. The number of aromatic nitrogens is 1. The predicted molar refractivity (Wildman–Crippen MR) is 127 cm³/mol. The van der Waals surface area contributed by atoms with E-state index in [4.69, 9.17) is 0 Å². The van der Waals surface area contributed by atoms with Crippen LogP contribution in [0.15, 0.2) is 98.1 Å². The van der Waals surface area contributed by atoms with E-state index in [0.717, 1.165) is 0 Å². The van der Waals surface area contributed by atoms with Crippen molar-refractivity contribution in [1.29, 1.82) is 0 Å². The summed E-state index contributed by atoms with van der Waals surface area (Å²) in [5.74, 6) is 0.401. The number of hydrogen-bond donors (Lipinski definition) is 0. The van der Waals surface area contributed by atoms with E-state index in [9.17, 15) is 0 Å². The van der Waals surface area contributed by atoms with Gasteiger partial charge in [0.1, 0.15) is 0 Å². The fourth-order valence-corrected chi connectivity index (χ4v) is 13.6. The molecule has 1 fully saturated rings. The molecule has 1 aliphatic heterocycles. The molecule has 1 saturated heterocycles. The first kappa shape index (κ1) is 23.1. The summed E-state index contributed by atoms with van der Waals surface area (Å²) in [6.07, 6.45) is 1.20. The maximum atomic E-state index is 2.55. The molecule has 1 atom stereocenters. The standard InChI is InChI=1S/C28H22NSi.2ClH.Zr/c1-30(2)24-17-16-22(28(24)30)25-19-12-6-7-13-20(19)27-26(25)21-14-8-9-15-23(21)29(27)18-10-4-3-5-11-18;;;/h3-15,25H,16H2,1-2H3;2*1H;/q;;;+2/p-2. The molecule has 3 aromatic carbocycles. The smallest absolute Gasteiger partial charge is 1.00 e. The monoisotopic (exact) mass is 560 g/mol. The first-order chi connectivity index (χ1) is 15.1. The molecular formula is C28H22Cl2NSiZr. The number of para-hydroxylation sites is 2. The van der Waals surface area contributed by atoms with Crippen molar-refractivity contribution in [2.75, 3.05) is 0 Å². The fraction of sp³-hybridized carbons (Fsp3) is 0.143. The molecule has 0 N–H and O–H groups in total. The molecule has 33 heavy (non-hydrogen) atoms. The third-order valence-electron chi connectivity index (χ3n) is 7.52. The second kappa shape index (κ2) is 7.95. The van der Waals surface area contributed by atoms with E-state index in [1.165, 1.54) is 45.4 Å². The first-order valence-electron chi connectivity index (χ1n) is 11.1. The minimum absolute atomic E-state index is 0. The number of rotatable bonds is 2. The van der Waals surface area contributed by atoms with Crippen LogP contribution in [0.3, 0.4) is 0 Å². The molecular weight excluding hydrogens is 541 g/mol. The number of fused-ring (bicyclic) bond motifs is 6. The Bertz CT molecular complexity index is 1500. The van der Waals surface area contributed by atoms with Gasteiger partial charge >= 0.3 is 200 Å². The van der Waals surface area contributed by atoms with Crippen LogP contribution in [0.25, 0.3) is 27.8 Å². The van der Waals surface area contributed by atoms with E-state index >= 15 is 0 Å². The van der Waals surface area contributed by atoms with Crippen LogP contribution in [0.4, 0.5) is 0 Å². The second-order valence-corrected chi connectivity index (χ2v) is 15.3. The molecule has 1 aromatic heterocycles. The van der Waals surface area contributed by atoms with Crippen LogP contribution in [0, 0.1) is 0 Å². The van der Waals surface area contributed by atoms with Gasteiger partial charge in [-0.15, -0.1) is 0 Å². The van der Waals surface area contributed by atoms with Crippen LogP contribution < -0.4 is 24.8 Å². The summed E-state index contributed by atoms with van der Waals surface area (Å²) < 4.78 is 4.23. The van der Waals surface area contributed by atoms with E-state index in [1.54, 1.807) is 44.0 Å². The van der Waals surface area contributed by atoms with Crippen molar-refractivity contribution in [3.63, 3.8) is 0 Å². The van der Waals surface area contributed by atoms with Crippen LogP contribution in [0.1, 0.15) is 23.5 Å². The van der Waals surface area contributed by atoms with Gasteiger partial charge in [-0.25, -0.2) is 0 Å². The van der Waals surface area contributed by atoms with Crippen molar-refractivity contribution in [1.82, 2.24) is 4.57 Å². The Kier molecular flexibility index (Phi) is 5.57. The third kappa shape index (κ3) is 2.99. The van der Waals surface area contributed by atoms with E-state index in [0.29, 0.717) is 5.92 Å². The van der Waals surface area contributed by atoms with Crippen molar-refractivity contribution in [2.24, 2.45) is 0 Å². The Balaban J connectivity index is 0.00000114. The van der Waals surface area contributed by atoms with Crippen molar-refractivity contribution >= 4 is 19.0 Å². The predicted octanol–water partition coefficient (Wildman–Crippen LogP) is 1.05. The summed E-state index contributed by atoms with van der Waals surface area (Å²) >= 11 is 1.62. The molecule has 2 aliphatic carbocycles. The Hall–Kier alpha value is -1.64. The van der Waals surface area contributed by atoms with Gasteiger partial charge < -0.3 is 24.8 Å². The summed E-state index contributed by atoms with van der Waals surface area (Å²) in [6.45, 7) is 5.10. The van der Waals surface area contributed by atoms with Crippen molar-refractivity contribution in [3.8, 4) is 16.9 Å². The van der Waals surface area contributed by atoms with Gasteiger partial charge in [0.2, 0.25) is 0 Å². The fourth-order valence-electron chi connectivity index (χ4n) is 6.32. The van der Waals surface area contributed by atoms with Crippen LogP contribution in [-0.4, -0.2) is 12.6 Å². The zero-order chi connectivity index (χ0) is 20.9. The van der Waals surface area contributed by atoms with Gasteiger partial charge in [0.25, 0.3) is 0 Å². The minimum atomic E-state index is -1.29. The summed E-state index contributed by atoms with van der Waals surface area (Å²) in [4.78, 5) is 0. The van der Waals surface area contributed by atoms with E-state index < -0.39 is 8.07 Å². The zero-order valence-electron chi connectivity index (χ0n) is 18.5. The van der Waals surface area contributed by atoms with Crippen LogP contribution in [0.5, 0.6) is 0 Å². The summed E-state index contributed by atoms with van der Waals surface area (Å²) in [7, 11) is -1.29. The maximum absolute atomic E-state index is 2.55. The Labute approximate surface area is 223 Å². The van der Waals surface area contributed by atoms with Crippen LogP contribution >= 0.6 is 0 Å². The normalized spacial score (nSPS) is 19.1. The molecule has 0 saturated carbocycles. The summed E-state index contributed by atoms with van der Waals surface area (Å²) in [5, 5.41) is 5.01. The topological polar surface area (TPSA) is 4.93 Å². The van der Waals surface area contributed by atoms with Gasteiger partial charge in [-0.05, 0) is 0 Å². The number of hydrogen-bond acceptors (Lipinski definition) is 0. The number of allylic oxidation sites excluding steroid dienone is 4. The molecule has 3 aliphatic rings. The Morgan fingerprint density at radius 2 is 1.48 bits per heavy atom. The minimum Gasteiger partial charge on any atom is -1.00 e. The Morgan fingerprint density at radius 1 is 0.818 bits per heavy atom. The van der Waals surface area contributed by atoms with Crippen LogP contribution in [-0.2, 0) is 24.7 Å². The average molecular weight is 563 g/mol. The Morgan fingerprint density at radius 3 is 2.21 bits per heavy atom. The van der Waals surface area contributed by atoms with Crippen molar-refractivity contribution in [3.05, 3.63) is 109 Å². The third-order valence-corrected chi connectivity index (χ3v) is 12.6. The summed E-state index contributed by atoms with van der Waals surface area (Å²) in [6, 6.07) is 29.1.